The molecule has 0 amide bonds. The van der Waals surface area contributed by atoms with Gasteiger partial charge in [0.2, 0.25) is 0 Å². The third-order valence-corrected chi connectivity index (χ3v) is 4.10. The molecular weight excluding hydrogens is 260 g/mol. The standard InChI is InChI=1S/C14H12N2O2S/c1-9-8-19-12-11(9)13(17)16(14(18)15-12)7-10-5-3-2-4-6-10/h2-6,8H,7H2,1H3,(H,15,18). The minimum atomic E-state index is -0.358. The van der Waals surface area contributed by atoms with Crippen molar-refractivity contribution in [2.24, 2.45) is 0 Å². The normalized spacial score (nSPS) is 11.0. The molecule has 4 nitrogen and oxygen atoms in total. The van der Waals surface area contributed by atoms with Crippen LogP contribution in [0.2, 0.25) is 0 Å². The highest BCUT2D eigenvalue weighted by molar-refractivity contribution is 7.16. The van der Waals surface area contributed by atoms with E-state index in [2.05, 4.69) is 4.98 Å². The molecule has 0 saturated heterocycles. The van der Waals surface area contributed by atoms with Crippen LogP contribution in [0.1, 0.15) is 11.1 Å². The van der Waals surface area contributed by atoms with Crippen molar-refractivity contribution in [3.05, 3.63) is 67.7 Å². The fraction of sp³-hybridized carbons (Fsp3) is 0.143. The molecule has 0 atom stereocenters. The lowest BCUT2D eigenvalue weighted by Crippen LogP contribution is -2.35. The average Bonchev–Trinajstić information content (AvgIpc) is 2.77. The smallest absolute Gasteiger partial charge is 0.298 e. The van der Waals surface area contributed by atoms with Gasteiger partial charge in [-0.1, -0.05) is 30.3 Å². The van der Waals surface area contributed by atoms with E-state index in [1.807, 2.05) is 42.6 Å². The predicted molar refractivity (Wildman–Crippen MR) is 77.0 cm³/mol. The lowest BCUT2D eigenvalue weighted by Gasteiger charge is -2.05. The minimum Gasteiger partial charge on any atom is -0.298 e. The van der Waals surface area contributed by atoms with Crippen LogP contribution in [0.3, 0.4) is 0 Å². The van der Waals surface area contributed by atoms with Gasteiger partial charge in [0.15, 0.2) is 0 Å². The summed E-state index contributed by atoms with van der Waals surface area (Å²) in [7, 11) is 0. The summed E-state index contributed by atoms with van der Waals surface area (Å²) < 4.78 is 1.25. The van der Waals surface area contributed by atoms with Crippen LogP contribution < -0.4 is 11.2 Å². The maximum Gasteiger partial charge on any atom is 0.329 e. The Morgan fingerprint density at radius 1 is 1.21 bits per heavy atom. The van der Waals surface area contributed by atoms with Gasteiger partial charge in [0, 0.05) is 0 Å². The average molecular weight is 272 g/mol. The number of nitrogens with one attached hydrogen (secondary N) is 1. The summed E-state index contributed by atoms with van der Waals surface area (Å²) in [5.41, 5.74) is 1.26. The van der Waals surface area contributed by atoms with Crippen LogP contribution in [0.15, 0.2) is 45.3 Å². The van der Waals surface area contributed by atoms with Gasteiger partial charge in [-0.2, -0.15) is 0 Å². The van der Waals surface area contributed by atoms with E-state index in [4.69, 9.17) is 0 Å². The molecule has 0 bridgehead atoms. The number of fused-ring (bicyclic) bond motifs is 1. The van der Waals surface area contributed by atoms with E-state index in [0.29, 0.717) is 16.8 Å². The Morgan fingerprint density at radius 2 is 1.95 bits per heavy atom. The summed E-state index contributed by atoms with van der Waals surface area (Å²) in [5.74, 6) is 0. The molecule has 3 aromatic rings. The van der Waals surface area contributed by atoms with Gasteiger partial charge >= 0.3 is 5.69 Å². The van der Waals surface area contributed by atoms with E-state index in [-0.39, 0.29) is 11.2 Å². The van der Waals surface area contributed by atoms with Gasteiger partial charge in [0.05, 0.1) is 11.9 Å². The lowest BCUT2D eigenvalue weighted by molar-refractivity contribution is 0.712. The molecule has 3 rings (SSSR count). The molecule has 1 aromatic carbocycles. The molecule has 0 unspecified atom stereocenters. The van der Waals surface area contributed by atoms with Crippen LogP contribution in [0.4, 0.5) is 0 Å². The zero-order valence-corrected chi connectivity index (χ0v) is 11.2. The van der Waals surface area contributed by atoms with Gasteiger partial charge in [0.25, 0.3) is 5.56 Å². The summed E-state index contributed by atoms with van der Waals surface area (Å²) >= 11 is 1.39. The summed E-state index contributed by atoms with van der Waals surface area (Å²) in [4.78, 5) is 27.8. The number of H-pyrrole nitrogens is 1. The Kier molecular flexibility index (Phi) is 2.83. The number of hydrogen-bond acceptors (Lipinski definition) is 3. The molecule has 0 aliphatic heterocycles. The molecule has 1 N–H and O–H groups in total. The van der Waals surface area contributed by atoms with Crippen molar-refractivity contribution in [1.82, 2.24) is 9.55 Å². The second-order valence-corrected chi connectivity index (χ2v) is 5.31. The summed E-state index contributed by atoms with van der Waals surface area (Å²) in [6.45, 7) is 2.17. The quantitative estimate of drug-likeness (QED) is 0.776. The van der Waals surface area contributed by atoms with Crippen LogP contribution in [0.25, 0.3) is 10.2 Å². The zero-order valence-electron chi connectivity index (χ0n) is 10.3. The minimum absolute atomic E-state index is 0.221. The predicted octanol–water partition coefficient (Wildman–Crippen LogP) is 2.11. The zero-order chi connectivity index (χ0) is 13.4. The Balaban J connectivity index is 2.21. The maximum absolute atomic E-state index is 12.4. The Labute approximate surface area is 113 Å². The number of aromatic amines is 1. The number of rotatable bonds is 2. The Hall–Kier alpha value is -2.14. The van der Waals surface area contributed by atoms with E-state index in [0.717, 1.165) is 11.1 Å². The SMILES string of the molecule is Cc1csc2[nH]c(=O)n(Cc3ccccc3)c(=O)c12. The molecule has 0 saturated carbocycles. The van der Waals surface area contributed by atoms with Crippen molar-refractivity contribution >= 4 is 21.6 Å². The summed E-state index contributed by atoms with van der Waals surface area (Å²) in [5, 5.41) is 2.50. The third kappa shape index (κ3) is 2.02. The number of hydrogen-bond donors (Lipinski definition) is 1. The van der Waals surface area contributed by atoms with Crippen molar-refractivity contribution in [3.8, 4) is 0 Å². The largest absolute Gasteiger partial charge is 0.329 e. The highest BCUT2D eigenvalue weighted by Gasteiger charge is 2.11. The van der Waals surface area contributed by atoms with Crippen LogP contribution in [0, 0.1) is 6.92 Å². The van der Waals surface area contributed by atoms with Crippen molar-refractivity contribution in [1.29, 1.82) is 0 Å². The van der Waals surface area contributed by atoms with Gasteiger partial charge in [0.1, 0.15) is 4.83 Å². The summed E-state index contributed by atoms with van der Waals surface area (Å²) in [6.07, 6.45) is 0. The Bertz CT molecular complexity index is 843. The van der Waals surface area contributed by atoms with E-state index in [1.165, 1.54) is 15.9 Å². The second kappa shape index (κ2) is 4.51. The van der Waals surface area contributed by atoms with Crippen molar-refractivity contribution in [3.63, 3.8) is 0 Å². The van der Waals surface area contributed by atoms with Crippen LogP contribution >= 0.6 is 11.3 Å². The summed E-state index contributed by atoms with van der Waals surface area (Å²) in [6, 6.07) is 9.49. The first kappa shape index (κ1) is 11.9. The molecule has 2 heterocycles. The van der Waals surface area contributed by atoms with Crippen LogP contribution in [-0.4, -0.2) is 9.55 Å². The molecule has 96 valence electrons. The first-order valence-corrected chi connectivity index (χ1v) is 6.79. The molecule has 0 aliphatic carbocycles. The van der Waals surface area contributed by atoms with Gasteiger partial charge in [-0.15, -0.1) is 11.3 Å². The number of aryl methyl sites for hydroxylation is 1. The molecule has 0 spiro atoms. The Morgan fingerprint density at radius 3 is 2.68 bits per heavy atom. The van der Waals surface area contributed by atoms with Gasteiger partial charge in [-0.25, -0.2) is 4.79 Å². The first-order valence-electron chi connectivity index (χ1n) is 5.91. The van der Waals surface area contributed by atoms with E-state index in [9.17, 15) is 9.59 Å². The van der Waals surface area contributed by atoms with E-state index >= 15 is 0 Å². The second-order valence-electron chi connectivity index (χ2n) is 4.43. The maximum atomic E-state index is 12.4. The fourth-order valence-electron chi connectivity index (χ4n) is 2.10. The molecule has 0 aliphatic rings. The number of thiophene rings is 1. The van der Waals surface area contributed by atoms with E-state index < -0.39 is 0 Å². The molecule has 5 heteroatoms. The highest BCUT2D eigenvalue weighted by atomic mass is 32.1. The third-order valence-electron chi connectivity index (χ3n) is 3.08. The lowest BCUT2D eigenvalue weighted by atomic mass is 10.2. The van der Waals surface area contributed by atoms with Crippen molar-refractivity contribution < 1.29 is 0 Å². The molecular formula is C14H12N2O2S. The fourth-order valence-corrected chi connectivity index (χ4v) is 3.03. The van der Waals surface area contributed by atoms with Crippen LogP contribution in [-0.2, 0) is 6.54 Å². The van der Waals surface area contributed by atoms with Gasteiger partial charge in [-0.05, 0) is 23.4 Å². The monoisotopic (exact) mass is 272 g/mol. The topological polar surface area (TPSA) is 54.9 Å². The van der Waals surface area contributed by atoms with Crippen LogP contribution in [0.5, 0.6) is 0 Å². The number of nitrogens with zero attached hydrogens (tertiary/aromatic N) is 1. The molecule has 0 radical (unpaired) electrons. The first-order chi connectivity index (χ1) is 9.16. The molecule has 19 heavy (non-hydrogen) atoms. The van der Waals surface area contributed by atoms with Crippen molar-refractivity contribution in [2.45, 2.75) is 13.5 Å². The van der Waals surface area contributed by atoms with Gasteiger partial charge < -0.3 is 0 Å². The molecule has 0 fully saturated rings. The van der Waals surface area contributed by atoms with Gasteiger partial charge in [-0.3, -0.25) is 14.3 Å². The highest BCUT2D eigenvalue weighted by Crippen LogP contribution is 2.18. The number of benzene rings is 1. The molecule has 2 aromatic heterocycles. The van der Waals surface area contributed by atoms with E-state index in [1.54, 1.807) is 0 Å². The number of aromatic nitrogens is 2. The van der Waals surface area contributed by atoms with Crippen molar-refractivity contribution in [2.75, 3.05) is 0 Å².